The van der Waals surface area contributed by atoms with Crippen molar-refractivity contribution in [1.29, 1.82) is 0 Å². The summed E-state index contributed by atoms with van der Waals surface area (Å²) in [6, 6.07) is 7.48. The van der Waals surface area contributed by atoms with Gasteiger partial charge in [0, 0.05) is 16.7 Å². The highest BCUT2D eigenvalue weighted by molar-refractivity contribution is 9.11. The highest BCUT2D eigenvalue weighted by Gasteiger charge is 2.53. The van der Waals surface area contributed by atoms with E-state index in [-0.39, 0.29) is 22.6 Å². The van der Waals surface area contributed by atoms with Crippen LogP contribution in [0.4, 0.5) is 0 Å². The molecule has 1 aliphatic heterocycles. The van der Waals surface area contributed by atoms with E-state index < -0.39 is 17.5 Å². The van der Waals surface area contributed by atoms with Gasteiger partial charge in [0.2, 0.25) is 0 Å². The zero-order valence-corrected chi connectivity index (χ0v) is 21.4. The minimum Gasteiger partial charge on any atom is -0.507 e. The summed E-state index contributed by atoms with van der Waals surface area (Å²) in [5.41, 5.74) is 2.94. The monoisotopic (exact) mass is 574 g/mol. The number of carbonyl (C=O) groups excluding carboxylic acids is 1. The van der Waals surface area contributed by atoms with Gasteiger partial charge in [0.05, 0.1) is 20.1 Å². The van der Waals surface area contributed by atoms with Crippen LogP contribution in [0, 0.1) is 27.7 Å². The molecule has 8 heteroatoms. The third-order valence-corrected chi connectivity index (χ3v) is 7.95. The van der Waals surface area contributed by atoms with Gasteiger partial charge in [-0.25, -0.2) is 9.59 Å². The van der Waals surface area contributed by atoms with Gasteiger partial charge in [-0.1, -0.05) is 6.07 Å². The Labute approximate surface area is 207 Å². The zero-order valence-electron chi connectivity index (χ0n) is 18.2. The molecule has 0 saturated carbocycles. The Hall–Kier alpha value is -2.84. The van der Waals surface area contributed by atoms with Crippen molar-refractivity contribution < 1.29 is 29.6 Å². The molecule has 0 aromatic heterocycles. The second-order valence-electron chi connectivity index (χ2n) is 8.19. The summed E-state index contributed by atoms with van der Waals surface area (Å²) >= 11 is 6.98. The van der Waals surface area contributed by atoms with Crippen molar-refractivity contribution in [3.63, 3.8) is 0 Å². The lowest BCUT2D eigenvalue weighted by atomic mass is 9.75. The van der Waals surface area contributed by atoms with Crippen LogP contribution in [-0.4, -0.2) is 27.3 Å². The third-order valence-electron chi connectivity index (χ3n) is 6.34. The number of benzene rings is 3. The van der Waals surface area contributed by atoms with Crippen molar-refractivity contribution in [2.45, 2.75) is 33.3 Å². The van der Waals surface area contributed by atoms with E-state index in [1.54, 1.807) is 18.2 Å². The lowest BCUT2D eigenvalue weighted by Crippen LogP contribution is -2.33. The number of esters is 1. The first-order valence-corrected chi connectivity index (χ1v) is 11.6. The van der Waals surface area contributed by atoms with E-state index in [4.69, 9.17) is 4.74 Å². The number of aromatic carboxylic acids is 1. The summed E-state index contributed by atoms with van der Waals surface area (Å²) in [7, 11) is 0. The fourth-order valence-corrected chi connectivity index (χ4v) is 5.85. The number of aromatic hydroxyl groups is 2. The molecular weight excluding hydrogens is 556 g/mol. The number of rotatable bonds is 3. The number of carboxylic acid groups (broad SMARTS) is 1. The minimum absolute atomic E-state index is 0.0372. The highest BCUT2D eigenvalue weighted by Crippen LogP contribution is 2.56. The molecule has 1 aliphatic rings. The molecule has 3 aromatic rings. The first-order valence-electron chi connectivity index (χ1n) is 10.0. The molecule has 170 valence electrons. The van der Waals surface area contributed by atoms with Crippen LogP contribution in [0.3, 0.4) is 0 Å². The van der Waals surface area contributed by atoms with E-state index in [1.165, 1.54) is 12.1 Å². The molecule has 0 saturated heterocycles. The summed E-state index contributed by atoms with van der Waals surface area (Å²) in [5, 5.41) is 30.8. The van der Waals surface area contributed by atoms with Gasteiger partial charge < -0.3 is 20.1 Å². The summed E-state index contributed by atoms with van der Waals surface area (Å²) < 4.78 is 6.82. The Kier molecular flexibility index (Phi) is 5.57. The smallest absolute Gasteiger partial charge is 0.340 e. The van der Waals surface area contributed by atoms with Gasteiger partial charge in [-0.05, 0) is 106 Å². The van der Waals surface area contributed by atoms with Crippen LogP contribution in [0.2, 0.25) is 0 Å². The maximum absolute atomic E-state index is 13.2. The molecular formula is C25H20Br2O6. The number of hydrogen-bond acceptors (Lipinski definition) is 5. The molecule has 0 atom stereocenters. The van der Waals surface area contributed by atoms with E-state index in [1.807, 2.05) is 27.7 Å². The topological polar surface area (TPSA) is 104 Å². The van der Waals surface area contributed by atoms with Crippen LogP contribution in [0.25, 0.3) is 0 Å². The lowest BCUT2D eigenvalue weighted by Gasteiger charge is -2.35. The van der Waals surface area contributed by atoms with Crippen molar-refractivity contribution in [1.82, 2.24) is 0 Å². The molecule has 1 heterocycles. The normalized spacial score (nSPS) is 14.2. The summed E-state index contributed by atoms with van der Waals surface area (Å²) in [6.45, 7) is 7.37. The van der Waals surface area contributed by atoms with E-state index in [2.05, 4.69) is 31.9 Å². The second-order valence-corrected chi connectivity index (χ2v) is 9.78. The average Bonchev–Trinajstić information content (AvgIpc) is 3.03. The van der Waals surface area contributed by atoms with Gasteiger partial charge in [0.15, 0.2) is 5.60 Å². The quantitative estimate of drug-likeness (QED) is 0.330. The van der Waals surface area contributed by atoms with E-state index in [9.17, 15) is 24.9 Å². The highest BCUT2D eigenvalue weighted by atomic mass is 79.9. The molecule has 0 radical (unpaired) electrons. The Balaban J connectivity index is 2.26. The first-order chi connectivity index (χ1) is 15.4. The van der Waals surface area contributed by atoms with Crippen LogP contribution in [0.1, 0.15) is 59.7 Å². The molecule has 6 nitrogen and oxygen atoms in total. The average molecular weight is 576 g/mol. The Morgan fingerprint density at radius 2 is 1.36 bits per heavy atom. The number of halogens is 2. The zero-order chi connectivity index (χ0) is 24.4. The van der Waals surface area contributed by atoms with Crippen LogP contribution in [-0.2, 0) is 10.3 Å². The van der Waals surface area contributed by atoms with Gasteiger partial charge in [0.1, 0.15) is 11.5 Å². The largest absolute Gasteiger partial charge is 0.507 e. The van der Waals surface area contributed by atoms with Crippen molar-refractivity contribution >= 4 is 43.8 Å². The lowest BCUT2D eigenvalue weighted by molar-refractivity contribution is 0.0242. The molecule has 33 heavy (non-hydrogen) atoms. The molecule has 0 fully saturated rings. The predicted molar refractivity (Wildman–Crippen MR) is 129 cm³/mol. The Morgan fingerprint density at radius 1 is 0.879 bits per heavy atom. The van der Waals surface area contributed by atoms with E-state index in [0.717, 1.165) is 22.3 Å². The van der Waals surface area contributed by atoms with Crippen LogP contribution in [0.5, 0.6) is 11.5 Å². The van der Waals surface area contributed by atoms with Gasteiger partial charge >= 0.3 is 11.9 Å². The number of carbonyl (C=O) groups is 2. The molecule has 3 N–H and O–H groups in total. The third kappa shape index (κ3) is 3.27. The number of hydrogen-bond donors (Lipinski definition) is 3. The molecule has 0 spiro atoms. The fourth-order valence-electron chi connectivity index (χ4n) is 4.47. The SMILES string of the molecule is Cc1cc(O)c(Br)c(C2(c3c(C)c(C)cc(O)c3Br)OC(=O)c3cc(C(=O)O)ccc32)c1C. The van der Waals surface area contributed by atoms with Crippen molar-refractivity contribution in [2.24, 2.45) is 0 Å². The Morgan fingerprint density at radius 3 is 1.82 bits per heavy atom. The Bertz CT molecular complexity index is 1260. The summed E-state index contributed by atoms with van der Waals surface area (Å²) in [6.07, 6.45) is 0. The van der Waals surface area contributed by atoms with E-state index >= 15 is 0 Å². The number of phenolic OH excluding ortho intramolecular Hbond substituents is 2. The molecule has 0 aliphatic carbocycles. The molecule has 0 unspecified atom stereocenters. The van der Waals surface area contributed by atoms with E-state index in [0.29, 0.717) is 25.6 Å². The molecule has 4 rings (SSSR count). The maximum atomic E-state index is 13.2. The fraction of sp³-hybridized carbons (Fsp3) is 0.200. The number of aryl methyl sites for hydroxylation is 2. The van der Waals surface area contributed by atoms with Crippen LogP contribution in [0.15, 0.2) is 39.3 Å². The number of carboxylic acids is 1. The first kappa shape index (κ1) is 23.3. The second kappa shape index (κ2) is 7.88. The standard InChI is InChI=1S/C25H20Br2O6/c1-10-7-17(28)21(26)19(12(10)3)25(20-13(4)11(2)8-18(29)22(20)27)16-6-5-14(23(30)31)9-15(16)24(32)33-25/h5-9,28-29H,1-4H3,(H,30,31). The molecule has 3 aromatic carbocycles. The molecule has 0 amide bonds. The number of fused-ring (bicyclic) bond motifs is 1. The maximum Gasteiger partial charge on any atom is 0.340 e. The van der Waals surface area contributed by atoms with Crippen molar-refractivity contribution in [2.75, 3.05) is 0 Å². The minimum atomic E-state index is -1.57. The van der Waals surface area contributed by atoms with Gasteiger partial charge in [-0.3, -0.25) is 0 Å². The number of ether oxygens (including phenoxy) is 1. The van der Waals surface area contributed by atoms with Crippen LogP contribution >= 0.6 is 31.9 Å². The number of cyclic esters (lactones) is 1. The van der Waals surface area contributed by atoms with Crippen molar-refractivity contribution in [3.05, 3.63) is 89.3 Å². The summed E-state index contributed by atoms with van der Waals surface area (Å²) in [5.74, 6) is -1.94. The number of phenols is 2. The predicted octanol–water partition coefficient (Wildman–Crippen LogP) is 6.02. The summed E-state index contributed by atoms with van der Waals surface area (Å²) in [4.78, 5) is 24.8. The molecule has 0 bridgehead atoms. The van der Waals surface area contributed by atoms with Crippen molar-refractivity contribution in [3.8, 4) is 11.5 Å². The van der Waals surface area contributed by atoms with Gasteiger partial charge in [0.25, 0.3) is 0 Å². The van der Waals surface area contributed by atoms with Gasteiger partial charge in [-0.15, -0.1) is 0 Å². The van der Waals surface area contributed by atoms with Gasteiger partial charge in [-0.2, -0.15) is 0 Å². The van der Waals surface area contributed by atoms with Crippen LogP contribution < -0.4 is 0 Å².